The Bertz CT molecular complexity index is 1040. The molecule has 0 unspecified atom stereocenters. The molecule has 2 aromatic carbocycles. The lowest BCUT2D eigenvalue weighted by Crippen LogP contribution is -1.90. The first kappa shape index (κ1) is 16.6. The van der Waals surface area contributed by atoms with Crippen LogP contribution in [0.5, 0.6) is 0 Å². The van der Waals surface area contributed by atoms with Gasteiger partial charge in [-0.2, -0.15) is 0 Å². The zero-order valence-electron chi connectivity index (χ0n) is 15.2. The molecule has 0 aliphatic carbocycles. The molecule has 0 saturated heterocycles. The number of hydrogen-bond donors (Lipinski definition) is 1. The summed E-state index contributed by atoms with van der Waals surface area (Å²) in [6.07, 6.45) is 9.10. The lowest BCUT2D eigenvalue weighted by atomic mass is 10.1. The number of nitrogens with zero attached hydrogens (tertiary/aromatic N) is 1. The van der Waals surface area contributed by atoms with Gasteiger partial charge in [-0.05, 0) is 48.2 Å². The SMILES string of the molecule is CCCCCc1ccc2c(n1)[nH]c1ccc(/C=C/c3ccccc3)cc12. The fourth-order valence-electron chi connectivity index (χ4n) is 3.39. The Morgan fingerprint density at radius 1 is 0.846 bits per heavy atom. The van der Waals surface area contributed by atoms with Crippen molar-refractivity contribution in [2.45, 2.75) is 32.6 Å². The van der Waals surface area contributed by atoms with Gasteiger partial charge in [0, 0.05) is 22.0 Å². The largest absolute Gasteiger partial charge is 0.339 e. The molecular weight excluding hydrogens is 316 g/mol. The number of pyridine rings is 1. The van der Waals surface area contributed by atoms with Crippen molar-refractivity contribution in [1.29, 1.82) is 0 Å². The number of benzene rings is 2. The third-order valence-corrected chi connectivity index (χ3v) is 4.84. The Kier molecular flexibility index (Phi) is 4.83. The molecule has 0 radical (unpaired) electrons. The molecule has 26 heavy (non-hydrogen) atoms. The van der Waals surface area contributed by atoms with Gasteiger partial charge in [0.25, 0.3) is 0 Å². The fraction of sp³-hybridized carbons (Fsp3) is 0.208. The van der Waals surface area contributed by atoms with Crippen LogP contribution in [0.3, 0.4) is 0 Å². The van der Waals surface area contributed by atoms with Gasteiger partial charge in [-0.25, -0.2) is 4.98 Å². The number of fused-ring (bicyclic) bond motifs is 3. The smallest absolute Gasteiger partial charge is 0.138 e. The summed E-state index contributed by atoms with van der Waals surface area (Å²) < 4.78 is 0. The molecule has 2 aromatic heterocycles. The lowest BCUT2D eigenvalue weighted by molar-refractivity contribution is 0.708. The fourth-order valence-corrected chi connectivity index (χ4v) is 3.39. The van der Waals surface area contributed by atoms with Crippen LogP contribution < -0.4 is 0 Å². The van der Waals surface area contributed by atoms with E-state index in [4.69, 9.17) is 4.98 Å². The molecule has 0 aliphatic rings. The van der Waals surface area contributed by atoms with Gasteiger partial charge in [0.1, 0.15) is 5.65 Å². The Morgan fingerprint density at radius 2 is 1.69 bits per heavy atom. The summed E-state index contributed by atoms with van der Waals surface area (Å²) in [5.41, 5.74) is 5.74. The first-order valence-corrected chi connectivity index (χ1v) is 9.48. The maximum absolute atomic E-state index is 4.83. The van der Waals surface area contributed by atoms with Gasteiger partial charge in [0.05, 0.1) is 0 Å². The van der Waals surface area contributed by atoms with E-state index in [0.29, 0.717) is 0 Å². The highest BCUT2D eigenvalue weighted by Crippen LogP contribution is 2.26. The lowest BCUT2D eigenvalue weighted by Gasteiger charge is -2.00. The number of nitrogens with one attached hydrogen (secondary N) is 1. The zero-order chi connectivity index (χ0) is 17.8. The van der Waals surface area contributed by atoms with Gasteiger partial charge in [0.2, 0.25) is 0 Å². The molecule has 0 aliphatic heterocycles. The van der Waals surface area contributed by atoms with Crippen LogP contribution in [0.25, 0.3) is 34.1 Å². The van der Waals surface area contributed by atoms with E-state index in [-0.39, 0.29) is 0 Å². The topological polar surface area (TPSA) is 28.7 Å². The molecule has 0 saturated carbocycles. The summed E-state index contributed by atoms with van der Waals surface area (Å²) in [5.74, 6) is 0. The van der Waals surface area contributed by atoms with Gasteiger partial charge < -0.3 is 4.98 Å². The maximum atomic E-state index is 4.83. The quantitative estimate of drug-likeness (QED) is 0.310. The number of aromatic amines is 1. The van der Waals surface area contributed by atoms with Crippen molar-refractivity contribution < 1.29 is 0 Å². The number of unbranched alkanes of at least 4 members (excludes halogenated alkanes) is 2. The number of aryl methyl sites for hydroxylation is 1. The predicted octanol–water partition coefficient (Wildman–Crippen LogP) is 6.62. The van der Waals surface area contributed by atoms with Crippen molar-refractivity contribution in [1.82, 2.24) is 9.97 Å². The standard InChI is InChI=1S/C24H24N2/c1-2-3-5-10-20-14-15-21-22-17-19(12-11-18-8-6-4-7-9-18)13-16-23(22)26-24(21)25-20/h4,6-9,11-17H,2-3,5,10H2,1H3,(H,25,26)/b12-11+. The molecule has 1 N–H and O–H groups in total. The minimum absolute atomic E-state index is 0.998. The van der Waals surface area contributed by atoms with E-state index < -0.39 is 0 Å². The van der Waals surface area contributed by atoms with E-state index in [1.165, 1.54) is 46.9 Å². The van der Waals surface area contributed by atoms with Crippen molar-refractivity contribution in [2.24, 2.45) is 0 Å². The van der Waals surface area contributed by atoms with E-state index in [1.54, 1.807) is 0 Å². The van der Waals surface area contributed by atoms with Gasteiger partial charge >= 0.3 is 0 Å². The summed E-state index contributed by atoms with van der Waals surface area (Å²) in [6, 6.07) is 21.3. The van der Waals surface area contributed by atoms with Crippen LogP contribution in [0.15, 0.2) is 60.7 Å². The van der Waals surface area contributed by atoms with Crippen LogP contribution in [-0.4, -0.2) is 9.97 Å². The molecule has 0 bridgehead atoms. The molecule has 0 fully saturated rings. The summed E-state index contributed by atoms with van der Waals surface area (Å²) >= 11 is 0. The Balaban J connectivity index is 1.64. The highest BCUT2D eigenvalue weighted by atomic mass is 14.9. The monoisotopic (exact) mass is 340 g/mol. The highest BCUT2D eigenvalue weighted by molar-refractivity contribution is 6.06. The van der Waals surface area contributed by atoms with Gasteiger partial charge in [-0.15, -0.1) is 0 Å². The van der Waals surface area contributed by atoms with E-state index in [1.807, 2.05) is 6.07 Å². The van der Waals surface area contributed by atoms with E-state index in [9.17, 15) is 0 Å². The van der Waals surface area contributed by atoms with E-state index in [0.717, 1.165) is 17.6 Å². The predicted molar refractivity (Wildman–Crippen MR) is 112 cm³/mol. The second-order valence-corrected chi connectivity index (χ2v) is 6.83. The Hall–Kier alpha value is -2.87. The highest BCUT2D eigenvalue weighted by Gasteiger charge is 2.07. The first-order valence-electron chi connectivity index (χ1n) is 9.48. The number of H-pyrrole nitrogens is 1. The van der Waals surface area contributed by atoms with E-state index in [2.05, 4.69) is 78.7 Å². The number of rotatable bonds is 6. The second-order valence-electron chi connectivity index (χ2n) is 6.83. The van der Waals surface area contributed by atoms with Crippen molar-refractivity contribution in [2.75, 3.05) is 0 Å². The van der Waals surface area contributed by atoms with E-state index >= 15 is 0 Å². The first-order chi connectivity index (χ1) is 12.8. The molecule has 2 heteroatoms. The Morgan fingerprint density at radius 3 is 2.54 bits per heavy atom. The van der Waals surface area contributed by atoms with Crippen LogP contribution in [0.2, 0.25) is 0 Å². The molecular formula is C24H24N2. The minimum Gasteiger partial charge on any atom is -0.339 e. The summed E-state index contributed by atoms with van der Waals surface area (Å²) in [5, 5.41) is 2.44. The van der Waals surface area contributed by atoms with Gasteiger partial charge in [-0.3, -0.25) is 0 Å². The third-order valence-electron chi connectivity index (χ3n) is 4.84. The van der Waals surface area contributed by atoms with Crippen LogP contribution in [0, 0.1) is 0 Å². The van der Waals surface area contributed by atoms with Crippen molar-refractivity contribution in [3.05, 3.63) is 77.5 Å². The van der Waals surface area contributed by atoms with Crippen molar-refractivity contribution in [3.8, 4) is 0 Å². The van der Waals surface area contributed by atoms with Crippen LogP contribution in [0.1, 0.15) is 43.0 Å². The zero-order valence-corrected chi connectivity index (χ0v) is 15.2. The van der Waals surface area contributed by atoms with Crippen molar-refractivity contribution >= 4 is 34.1 Å². The normalized spacial score (nSPS) is 11.7. The van der Waals surface area contributed by atoms with Crippen LogP contribution in [0.4, 0.5) is 0 Å². The minimum atomic E-state index is 0.998. The van der Waals surface area contributed by atoms with Gasteiger partial charge in [-0.1, -0.05) is 68.3 Å². The molecule has 4 aromatic rings. The average Bonchev–Trinajstić information content (AvgIpc) is 3.04. The molecule has 130 valence electrons. The molecule has 4 rings (SSSR count). The number of hydrogen-bond acceptors (Lipinski definition) is 1. The second kappa shape index (κ2) is 7.57. The number of aromatic nitrogens is 2. The van der Waals surface area contributed by atoms with Crippen LogP contribution >= 0.6 is 0 Å². The summed E-state index contributed by atoms with van der Waals surface area (Å²) in [6.45, 7) is 2.23. The molecule has 0 spiro atoms. The molecule has 2 heterocycles. The Labute approximate surface area is 154 Å². The summed E-state index contributed by atoms with van der Waals surface area (Å²) in [7, 11) is 0. The van der Waals surface area contributed by atoms with Crippen LogP contribution in [-0.2, 0) is 6.42 Å². The molecule has 0 atom stereocenters. The molecule has 0 amide bonds. The summed E-state index contributed by atoms with van der Waals surface area (Å²) in [4.78, 5) is 8.31. The van der Waals surface area contributed by atoms with Crippen molar-refractivity contribution in [3.63, 3.8) is 0 Å². The third kappa shape index (κ3) is 3.55. The molecule has 2 nitrogen and oxygen atoms in total. The average molecular weight is 340 g/mol. The maximum Gasteiger partial charge on any atom is 0.138 e. The van der Waals surface area contributed by atoms with Gasteiger partial charge in [0.15, 0.2) is 0 Å².